The lowest BCUT2D eigenvalue weighted by atomic mass is 9.98. The number of aromatic nitrogens is 6. The Kier molecular flexibility index (Phi) is 6.68. The van der Waals surface area contributed by atoms with Gasteiger partial charge in [-0.1, -0.05) is 55.5 Å². The van der Waals surface area contributed by atoms with E-state index >= 15 is 0 Å². The Morgan fingerprint density at radius 2 is 1.81 bits per heavy atom. The highest BCUT2D eigenvalue weighted by Crippen LogP contribution is 2.31. The molecule has 5 rings (SSSR count). The molecule has 0 saturated heterocycles. The minimum absolute atomic E-state index is 0.157. The fourth-order valence-corrected chi connectivity index (χ4v) is 4.53. The molecule has 0 bridgehead atoms. The van der Waals surface area contributed by atoms with E-state index in [4.69, 9.17) is 4.98 Å². The van der Waals surface area contributed by atoms with Crippen molar-refractivity contribution in [3.05, 3.63) is 77.6 Å². The second kappa shape index (κ2) is 10.2. The number of rotatable bonds is 7. The van der Waals surface area contributed by atoms with E-state index in [2.05, 4.69) is 67.8 Å². The lowest BCUT2D eigenvalue weighted by Crippen LogP contribution is -2.27. The van der Waals surface area contributed by atoms with Crippen LogP contribution in [0.4, 0.5) is 10.5 Å². The average molecular weight is 495 g/mol. The molecular weight excluding hydrogens is 464 g/mol. The average Bonchev–Trinajstić information content (AvgIpc) is 3.54. The first-order valence-electron chi connectivity index (χ1n) is 12.3. The van der Waals surface area contributed by atoms with E-state index in [1.54, 1.807) is 14.1 Å². The number of nitrogens with zero attached hydrogens (tertiary/aromatic N) is 6. The van der Waals surface area contributed by atoms with Gasteiger partial charge in [-0.25, -0.2) is 14.9 Å². The molecule has 0 radical (unpaired) electrons. The molecule has 0 aliphatic carbocycles. The molecule has 0 fully saturated rings. The van der Waals surface area contributed by atoms with E-state index in [1.807, 2.05) is 37.3 Å². The van der Waals surface area contributed by atoms with Crippen molar-refractivity contribution in [1.82, 2.24) is 35.1 Å². The molecule has 0 unspecified atom stereocenters. The fourth-order valence-electron chi connectivity index (χ4n) is 4.53. The van der Waals surface area contributed by atoms with Gasteiger partial charge in [-0.3, -0.25) is 0 Å². The summed E-state index contributed by atoms with van der Waals surface area (Å²) >= 11 is 0. The van der Waals surface area contributed by atoms with Gasteiger partial charge in [0.05, 0.1) is 11.0 Å². The third-order valence-corrected chi connectivity index (χ3v) is 6.39. The Morgan fingerprint density at radius 3 is 2.49 bits per heavy atom. The number of anilines is 1. The molecule has 0 atom stereocenters. The smallest absolute Gasteiger partial charge is 0.321 e. The van der Waals surface area contributed by atoms with Crippen LogP contribution in [-0.4, -0.2) is 55.2 Å². The topological polar surface area (TPSA) is 105 Å². The molecule has 0 aliphatic rings. The fraction of sp³-hybridized carbons (Fsp3) is 0.250. The first kappa shape index (κ1) is 24.2. The Balaban J connectivity index is 1.49. The van der Waals surface area contributed by atoms with Crippen LogP contribution in [0.1, 0.15) is 30.3 Å². The molecule has 0 aliphatic heterocycles. The molecule has 2 amide bonds. The maximum absolute atomic E-state index is 12.3. The van der Waals surface area contributed by atoms with Gasteiger partial charge in [0.1, 0.15) is 5.82 Å². The summed E-state index contributed by atoms with van der Waals surface area (Å²) in [7, 11) is 3.46. The predicted molar refractivity (Wildman–Crippen MR) is 145 cm³/mol. The number of imidazole rings is 1. The molecule has 9 nitrogen and oxygen atoms in total. The first-order valence-corrected chi connectivity index (χ1v) is 12.3. The van der Waals surface area contributed by atoms with Crippen LogP contribution in [0.25, 0.3) is 33.5 Å². The molecule has 188 valence electrons. The van der Waals surface area contributed by atoms with Crippen molar-refractivity contribution in [1.29, 1.82) is 0 Å². The summed E-state index contributed by atoms with van der Waals surface area (Å²) in [6.07, 6.45) is 1.88. The van der Waals surface area contributed by atoms with E-state index in [0.29, 0.717) is 12.4 Å². The number of carbonyl (C=O) groups excluding carboxylic acids is 1. The molecule has 2 aromatic heterocycles. The number of nitrogens with one attached hydrogen (secondary N) is 2. The predicted octanol–water partition coefficient (Wildman–Crippen LogP) is 5.29. The van der Waals surface area contributed by atoms with Crippen molar-refractivity contribution in [2.75, 3.05) is 19.4 Å². The van der Waals surface area contributed by atoms with Gasteiger partial charge >= 0.3 is 6.03 Å². The third kappa shape index (κ3) is 4.93. The normalized spacial score (nSPS) is 11.1. The number of hydrogen-bond donors (Lipinski definition) is 2. The summed E-state index contributed by atoms with van der Waals surface area (Å²) < 4.78 is 2.26. The Morgan fingerprint density at radius 1 is 1.05 bits per heavy atom. The zero-order valence-electron chi connectivity index (χ0n) is 21.5. The highest BCUT2D eigenvalue weighted by molar-refractivity contribution is 5.93. The zero-order chi connectivity index (χ0) is 25.9. The number of aromatic amines is 1. The van der Waals surface area contributed by atoms with Crippen molar-refractivity contribution in [3.8, 4) is 22.5 Å². The van der Waals surface area contributed by atoms with E-state index in [1.165, 1.54) is 10.5 Å². The van der Waals surface area contributed by atoms with Crippen molar-refractivity contribution in [2.45, 2.75) is 33.2 Å². The van der Waals surface area contributed by atoms with Crippen LogP contribution >= 0.6 is 0 Å². The largest absolute Gasteiger partial charge is 0.331 e. The molecule has 9 heteroatoms. The molecule has 37 heavy (non-hydrogen) atoms. The highest BCUT2D eigenvalue weighted by Gasteiger charge is 2.16. The van der Waals surface area contributed by atoms with Crippen LogP contribution in [0.2, 0.25) is 0 Å². The number of carbonyl (C=O) groups is 1. The Labute approximate surface area is 215 Å². The number of benzene rings is 3. The number of H-pyrrole nitrogens is 1. The minimum atomic E-state index is -0.157. The summed E-state index contributed by atoms with van der Waals surface area (Å²) in [6, 6.07) is 20.5. The van der Waals surface area contributed by atoms with Crippen LogP contribution in [-0.2, 0) is 13.0 Å². The minimum Gasteiger partial charge on any atom is -0.331 e. The molecule has 0 spiro atoms. The second-order valence-electron chi connectivity index (χ2n) is 9.34. The van der Waals surface area contributed by atoms with E-state index < -0.39 is 0 Å². The van der Waals surface area contributed by atoms with Crippen molar-refractivity contribution in [3.63, 3.8) is 0 Å². The van der Waals surface area contributed by atoms with Gasteiger partial charge in [-0.2, -0.15) is 0 Å². The summed E-state index contributed by atoms with van der Waals surface area (Å²) in [5.74, 6) is 1.69. The van der Waals surface area contributed by atoms with Gasteiger partial charge in [-0.15, -0.1) is 5.10 Å². The number of aryl methyl sites for hydroxylation is 2. The van der Waals surface area contributed by atoms with Gasteiger partial charge in [0.15, 0.2) is 5.82 Å². The van der Waals surface area contributed by atoms with Crippen LogP contribution < -0.4 is 5.32 Å². The number of tetrazole rings is 1. The molecule has 5 aromatic rings. The van der Waals surface area contributed by atoms with Crippen molar-refractivity contribution < 1.29 is 4.79 Å². The lowest BCUT2D eigenvalue weighted by Gasteiger charge is -2.14. The van der Waals surface area contributed by atoms with Crippen molar-refractivity contribution in [2.24, 2.45) is 0 Å². The molecule has 0 saturated carbocycles. The van der Waals surface area contributed by atoms with Crippen LogP contribution in [0.15, 0.2) is 60.7 Å². The highest BCUT2D eigenvalue weighted by atomic mass is 16.2. The summed E-state index contributed by atoms with van der Waals surface area (Å²) in [5, 5.41) is 17.4. The van der Waals surface area contributed by atoms with Crippen molar-refractivity contribution >= 4 is 22.8 Å². The summed E-state index contributed by atoms with van der Waals surface area (Å²) in [5.41, 5.74) is 8.06. The second-order valence-corrected chi connectivity index (χ2v) is 9.34. The quantitative estimate of drug-likeness (QED) is 0.320. The van der Waals surface area contributed by atoms with Gasteiger partial charge in [0.2, 0.25) is 0 Å². The summed E-state index contributed by atoms with van der Waals surface area (Å²) in [6.45, 7) is 4.89. The summed E-state index contributed by atoms with van der Waals surface area (Å²) in [4.78, 5) is 18.8. The number of fused-ring (bicyclic) bond motifs is 1. The van der Waals surface area contributed by atoms with Gasteiger partial charge in [-0.05, 0) is 58.2 Å². The maximum Gasteiger partial charge on any atom is 0.321 e. The van der Waals surface area contributed by atoms with Gasteiger partial charge in [0.25, 0.3) is 0 Å². The van der Waals surface area contributed by atoms with Crippen LogP contribution in [0.5, 0.6) is 0 Å². The zero-order valence-corrected chi connectivity index (χ0v) is 21.5. The lowest BCUT2D eigenvalue weighted by molar-refractivity contribution is 0.230. The van der Waals surface area contributed by atoms with E-state index in [0.717, 1.165) is 57.6 Å². The van der Waals surface area contributed by atoms with E-state index in [9.17, 15) is 4.79 Å². The Hall–Kier alpha value is -4.53. The molecule has 2 heterocycles. The number of amides is 2. The number of hydrogen-bond acceptors (Lipinski definition) is 5. The molecule has 3 aromatic carbocycles. The molecular formula is C28H30N8O. The maximum atomic E-state index is 12.3. The first-order chi connectivity index (χ1) is 17.9. The van der Waals surface area contributed by atoms with Gasteiger partial charge < -0.3 is 14.8 Å². The van der Waals surface area contributed by atoms with Crippen LogP contribution in [0.3, 0.4) is 0 Å². The standard InChI is InChI=1S/C28H30N8O/c1-5-8-25-30-26-18(2)15-21(29-28(37)35(3)4)16-24(26)36(25)17-19-11-13-20(14-12-19)22-9-6-7-10-23(22)27-31-33-34-32-27/h6-7,9-16H,5,8,17H2,1-4H3,(H,29,37)(H,31,32,33,34). The number of urea groups is 1. The van der Waals surface area contributed by atoms with Crippen LogP contribution in [0, 0.1) is 6.92 Å². The Bertz CT molecular complexity index is 1540. The van der Waals surface area contributed by atoms with E-state index in [-0.39, 0.29) is 6.03 Å². The van der Waals surface area contributed by atoms with Gasteiger partial charge in [0, 0.05) is 38.3 Å². The molecule has 2 N–H and O–H groups in total. The SMILES string of the molecule is CCCc1nc2c(C)cc(NC(=O)N(C)C)cc2n1Cc1ccc(-c2ccccc2-c2nnn[nH]2)cc1. The third-order valence-electron chi connectivity index (χ3n) is 6.39. The monoisotopic (exact) mass is 494 g/mol.